The first-order valence-electron chi connectivity index (χ1n) is 20.3. The fraction of sp³-hybridized carbons (Fsp3) is 0.564. The summed E-state index contributed by atoms with van der Waals surface area (Å²) in [4.78, 5) is 128. The number of rotatable bonds is 7. The molecule has 2 aromatic rings. The van der Waals surface area contributed by atoms with Crippen LogP contribution in [0.1, 0.15) is 52.0 Å². The van der Waals surface area contributed by atoms with Crippen LogP contribution in [0.25, 0.3) is 10.9 Å². The van der Waals surface area contributed by atoms with Gasteiger partial charge in [-0.3, -0.25) is 43.2 Å². The Morgan fingerprint density at radius 3 is 2.21 bits per heavy atom. The molecule has 9 atom stereocenters. The second-order valence-corrected chi connectivity index (χ2v) is 16.9. The number of benzene rings is 1. The van der Waals surface area contributed by atoms with Gasteiger partial charge in [0.25, 0.3) is 0 Å². The van der Waals surface area contributed by atoms with Gasteiger partial charge in [0, 0.05) is 43.2 Å². The number of nitrogens with two attached hydrogens (primary N) is 1. The molecule has 23 heteroatoms. The number of amides is 9. The number of nitrogens with zero attached hydrogens (tertiary/aromatic N) is 1. The number of phenols is 1. The molecule has 6 unspecified atom stereocenters. The second kappa shape index (κ2) is 20.8. The maximum Gasteiger partial charge on any atom is 0.246 e. The van der Waals surface area contributed by atoms with Gasteiger partial charge < -0.3 is 68.2 Å². The minimum Gasteiger partial charge on any atom is -0.508 e. The highest BCUT2D eigenvalue weighted by molar-refractivity contribution is 7.99. The van der Waals surface area contributed by atoms with E-state index in [0.717, 1.165) is 16.7 Å². The van der Waals surface area contributed by atoms with Crippen molar-refractivity contribution in [3.05, 3.63) is 23.8 Å². The number of thioether (sulfide) groups is 1. The minimum absolute atomic E-state index is 0.00653. The van der Waals surface area contributed by atoms with Gasteiger partial charge in [-0.15, -0.1) is 11.8 Å². The van der Waals surface area contributed by atoms with Crippen molar-refractivity contribution in [2.45, 2.75) is 100 Å². The van der Waals surface area contributed by atoms with Crippen LogP contribution in [0.4, 0.5) is 0 Å². The van der Waals surface area contributed by atoms with E-state index in [1.54, 1.807) is 26.8 Å². The van der Waals surface area contributed by atoms with Crippen LogP contribution in [0.15, 0.2) is 23.2 Å². The maximum absolute atomic E-state index is 14.4. The third-order valence-electron chi connectivity index (χ3n) is 11.2. The number of nitrogens with one attached hydrogen (secondary N) is 8. The van der Waals surface area contributed by atoms with E-state index in [4.69, 9.17) is 5.73 Å². The second-order valence-electron chi connectivity index (χ2n) is 15.8. The fourth-order valence-corrected chi connectivity index (χ4v) is 8.69. The van der Waals surface area contributed by atoms with Gasteiger partial charge in [-0.25, -0.2) is 0 Å². The fourth-order valence-electron chi connectivity index (χ4n) is 7.57. The molecule has 13 N–H and O–H groups in total. The van der Waals surface area contributed by atoms with Gasteiger partial charge in [0.15, 0.2) is 0 Å². The lowest BCUT2D eigenvalue weighted by molar-refractivity contribution is -0.143. The van der Waals surface area contributed by atoms with Gasteiger partial charge in [0.05, 0.1) is 36.2 Å². The zero-order valence-electron chi connectivity index (χ0n) is 34.4. The smallest absolute Gasteiger partial charge is 0.246 e. The number of fused-ring (bicyclic) bond motifs is 5. The van der Waals surface area contributed by atoms with Gasteiger partial charge in [0.1, 0.15) is 42.0 Å². The minimum atomic E-state index is -1.70. The summed E-state index contributed by atoms with van der Waals surface area (Å²) < 4.78 is 0. The highest BCUT2D eigenvalue weighted by Crippen LogP contribution is 2.33. The lowest BCUT2D eigenvalue weighted by Crippen LogP contribution is -2.61. The van der Waals surface area contributed by atoms with Crippen molar-refractivity contribution in [2.75, 3.05) is 32.0 Å². The summed E-state index contributed by atoms with van der Waals surface area (Å²) in [6.45, 7) is 2.91. The number of primary amides is 1. The van der Waals surface area contributed by atoms with E-state index >= 15 is 0 Å². The Bertz CT molecular complexity index is 2080. The van der Waals surface area contributed by atoms with Gasteiger partial charge in [0.2, 0.25) is 53.2 Å². The van der Waals surface area contributed by atoms with E-state index in [2.05, 4.69) is 42.2 Å². The quantitative estimate of drug-likeness (QED) is 0.127. The molecule has 0 spiro atoms. The summed E-state index contributed by atoms with van der Waals surface area (Å²) in [5.74, 6) is -9.61. The zero-order chi connectivity index (χ0) is 45.4. The molecule has 0 saturated carbocycles. The zero-order valence-corrected chi connectivity index (χ0v) is 35.3. The third kappa shape index (κ3) is 11.5. The van der Waals surface area contributed by atoms with E-state index in [-0.39, 0.29) is 30.8 Å². The van der Waals surface area contributed by atoms with Crippen molar-refractivity contribution in [3.8, 4) is 5.75 Å². The average molecular weight is 887 g/mol. The number of hydrogen-bond donors (Lipinski definition) is 12. The van der Waals surface area contributed by atoms with Crippen LogP contribution < -0.4 is 43.0 Å². The largest absolute Gasteiger partial charge is 0.508 e. The topological polar surface area (TPSA) is 344 Å². The van der Waals surface area contributed by atoms with Gasteiger partial charge in [-0.05, 0) is 36.0 Å². The molecule has 62 heavy (non-hydrogen) atoms. The van der Waals surface area contributed by atoms with Crippen molar-refractivity contribution in [1.29, 1.82) is 0 Å². The molecular formula is C39H54N10O12S. The molecule has 3 aliphatic heterocycles. The molecule has 0 aliphatic carbocycles. The Labute approximate surface area is 360 Å². The van der Waals surface area contributed by atoms with E-state index in [9.17, 15) is 58.5 Å². The standard InChI is InChI=1S/C39H54N10O12S/c1-4-17(2)31-36(59)42-13-29(54)43-26-16-62-38-22(21-6-5-19(51)9-23(21)46-38)11-24(33(56)41-14-30(55)47-31)44-37(60)32(18(3)7-8-50)48-35(58)27-10-20(52)15-49(27)39(61)25(12-28(40)53)45-34(26)57/h5-6,9,17-18,20,24-27,31-32,46,50-52H,4,7-8,10-16H2,1-3H3,(H2,40,53)(H,41,56)(H,42,59)(H,43,54)(H,44,60)(H,45,57)(H,47,55)(H,48,58)/t17?,18-,20+,24?,25?,26-,27?,31?,32?/m0/s1. The Kier molecular flexibility index (Phi) is 15.8. The summed E-state index contributed by atoms with van der Waals surface area (Å²) in [6.07, 6.45) is -2.16. The van der Waals surface area contributed by atoms with Crippen molar-refractivity contribution < 1.29 is 58.5 Å². The summed E-state index contributed by atoms with van der Waals surface area (Å²) >= 11 is 0.982. The van der Waals surface area contributed by atoms with Crippen LogP contribution in [0.3, 0.4) is 0 Å². The monoisotopic (exact) mass is 886 g/mol. The summed E-state index contributed by atoms with van der Waals surface area (Å²) in [5, 5.41) is 49.6. The number of aliphatic hydroxyl groups excluding tert-OH is 2. The normalized spacial score (nSPS) is 27.3. The van der Waals surface area contributed by atoms with Crippen molar-refractivity contribution in [2.24, 2.45) is 17.6 Å². The number of aromatic amines is 1. The lowest BCUT2D eigenvalue weighted by Gasteiger charge is -2.32. The first-order valence-corrected chi connectivity index (χ1v) is 21.3. The molecule has 338 valence electrons. The number of aromatic hydroxyl groups is 1. The molecule has 4 heterocycles. The Hall–Kier alpha value is -5.94. The van der Waals surface area contributed by atoms with Crippen LogP contribution in [-0.4, -0.2) is 153 Å². The highest BCUT2D eigenvalue weighted by atomic mass is 32.2. The van der Waals surface area contributed by atoms with Gasteiger partial charge in [-0.1, -0.05) is 27.2 Å². The number of hydrogen-bond acceptors (Lipinski definition) is 13. The van der Waals surface area contributed by atoms with Crippen LogP contribution in [0, 0.1) is 11.8 Å². The highest BCUT2D eigenvalue weighted by Gasteiger charge is 2.44. The molecule has 5 rings (SSSR count). The molecule has 22 nitrogen and oxygen atoms in total. The third-order valence-corrected chi connectivity index (χ3v) is 12.4. The van der Waals surface area contributed by atoms with E-state index in [0.29, 0.717) is 27.9 Å². The number of carbonyl (C=O) groups is 9. The van der Waals surface area contributed by atoms with Gasteiger partial charge >= 0.3 is 0 Å². The van der Waals surface area contributed by atoms with Crippen molar-refractivity contribution >= 4 is 75.8 Å². The Morgan fingerprint density at radius 1 is 0.855 bits per heavy atom. The molecule has 1 aromatic carbocycles. The number of H-pyrrole nitrogens is 1. The number of phenolic OH excluding ortho intramolecular Hbond substituents is 1. The molecule has 1 fully saturated rings. The number of carbonyl (C=O) groups excluding carboxylic acids is 9. The van der Waals surface area contributed by atoms with Crippen LogP contribution in [-0.2, 0) is 49.6 Å². The predicted octanol–water partition coefficient (Wildman–Crippen LogP) is -3.91. The Balaban J connectivity index is 1.69. The maximum atomic E-state index is 14.4. The Morgan fingerprint density at radius 2 is 1.53 bits per heavy atom. The SMILES string of the molecule is CCC(C)C1NC(=O)CNC(=O)C2Cc3c([nH]c4cc(O)ccc34)SC[C@H](NC(=O)CNC1=O)C(=O)NC(CC(N)=O)C(=O)N1C[C@H](O)CC1C(=O)NC([C@@H](C)CCO)C(=O)N2. The van der Waals surface area contributed by atoms with Crippen molar-refractivity contribution in [3.63, 3.8) is 0 Å². The first kappa shape index (κ1) is 47.1. The molecule has 1 saturated heterocycles. The summed E-state index contributed by atoms with van der Waals surface area (Å²) in [7, 11) is 0. The van der Waals surface area contributed by atoms with Crippen LogP contribution in [0.2, 0.25) is 0 Å². The van der Waals surface area contributed by atoms with E-state index < -0.39 is 140 Å². The number of aliphatic hydroxyl groups is 2. The molecule has 1 aromatic heterocycles. The van der Waals surface area contributed by atoms with E-state index in [1.807, 2.05) is 0 Å². The van der Waals surface area contributed by atoms with Gasteiger partial charge in [-0.2, -0.15) is 0 Å². The molecule has 2 bridgehead atoms. The summed E-state index contributed by atoms with van der Waals surface area (Å²) in [6, 6.07) is -4.37. The molecule has 0 radical (unpaired) electrons. The van der Waals surface area contributed by atoms with Crippen molar-refractivity contribution in [1.82, 2.24) is 47.1 Å². The first-order chi connectivity index (χ1) is 29.4. The molecular weight excluding hydrogens is 833 g/mol. The molecule has 9 amide bonds. The number of aromatic nitrogens is 1. The van der Waals surface area contributed by atoms with Crippen LogP contribution >= 0.6 is 11.8 Å². The van der Waals surface area contributed by atoms with Crippen LogP contribution in [0.5, 0.6) is 5.75 Å². The molecule has 3 aliphatic rings. The van der Waals surface area contributed by atoms with E-state index in [1.165, 1.54) is 12.1 Å². The lowest BCUT2D eigenvalue weighted by atomic mass is 9.96. The summed E-state index contributed by atoms with van der Waals surface area (Å²) in [5.41, 5.74) is 6.29. The predicted molar refractivity (Wildman–Crippen MR) is 220 cm³/mol. The average Bonchev–Trinajstić information content (AvgIpc) is 3.78.